The molecule has 1 aromatic carbocycles. The molecule has 1 atom stereocenters. The average molecular weight is 374 g/mol. The van der Waals surface area contributed by atoms with Gasteiger partial charge in [-0.05, 0) is 77.0 Å². The van der Waals surface area contributed by atoms with E-state index in [4.69, 9.17) is 4.74 Å². The largest absolute Gasteiger partial charge is 0.491 e. The molecule has 1 aromatic rings. The lowest BCUT2D eigenvalue weighted by atomic mass is 9.78. The molecular formula is C24H39NO2. The van der Waals surface area contributed by atoms with Gasteiger partial charge in [-0.3, -0.25) is 4.90 Å². The van der Waals surface area contributed by atoms with E-state index in [1.165, 1.54) is 11.1 Å². The third-order valence-corrected chi connectivity index (χ3v) is 5.60. The van der Waals surface area contributed by atoms with Crippen LogP contribution in [0, 0.1) is 0 Å². The zero-order valence-corrected chi connectivity index (χ0v) is 18.4. The van der Waals surface area contributed by atoms with Gasteiger partial charge in [0, 0.05) is 19.1 Å². The van der Waals surface area contributed by atoms with Crippen molar-refractivity contribution in [1.82, 2.24) is 4.90 Å². The van der Waals surface area contributed by atoms with Gasteiger partial charge in [-0.15, -0.1) is 0 Å². The standard InChI is InChI=1S/C24H39NO2/c1-18(2)16-21(25-14-12-24(7,26)13-15-25)17-23(5,6)20-8-10-22(11-9-20)27-19(3)4/h8-11,16,19,21,26H,12-15,17H2,1-7H3. The highest BCUT2D eigenvalue weighted by Crippen LogP contribution is 2.33. The van der Waals surface area contributed by atoms with Crippen molar-refractivity contribution in [2.24, 2.45) is 0 Å². The minimum atomic E-state index is -0.506. The van der Waals surface area contributed by atoms with Crippen LogP contribution in [0.15, 0.2) is 35.9 Å². The molecule has 1 fully saturated rings. The van der Waals surface area contributed by atoms with E-state index in [0.29, 0.717) is 6.04 Å². The number of aliphatic hydroxyl groups is 1. The molecule has 0 spiro atoms. The summed E-state index contributed by atoms with van der Waals surface area (Å²) in [4.78, 5) is 2.54. The summed E-state index contributed by atoms with van der Waals surface area (Å²) in [5, 5.41) is 10.3. The maximum Gasteiger partial charge on any atom is 0.119 e. The minimum absolute atomic E-state index is 0.0624. The van der Waals surface area contributed by atoms with Crippen molar-refractivity contribution in [3.8, 4) is 5.75 Å². The number of hydrogen-bond donors (Lipinski definition) is 1. The van der Waals surface area contributed by atoms with Crippen LogP contribution in [0.2, 0.25) is 0 Å². The first-order chi connectivity index (χ1) is 12.5. The first kappa shape index (κ1) is 22.0. The van der Waals surface area contributed by atoms with Crippen molar-refractivity contribution in [1.29, 1.82) is 0 Å². The predicted octanol–water partition coefficient (Wildman–Crippen LogP) is 5.32. The monoisotopic (exact) mass is 373 g/mol. The van der Waals surface area contributed by atoms with Crippen LogP contribution >= 0.6 is 0 Å². The number of allylic oxidation sites excluding steroid dienone is 1. The maximum atomic E-state index is 10.3. The second-order valence-corrected chi connectivity index (χ2v) is 9.62. The number of nitrogens with zero attached hydrogens (tertiary/aromatic N) is 1. The fourth-order valence-electron chi connectivity index (χ4n) is 3.91. The number of likely N-dealkylation sites (tertiary alicyclic amines) is 1. The van der Waals surface area contributed by atoms with E-state index in [1.807, 2.05) is 6.92 Å². The molecule has 1 aliphatic rings. The normalized spacial score (nSPS) is 19.0. The van der Waals surface area contributed by atoms with Crippen LogP contribution in [0.3, 0.4) is 0 Å². The van der Waals surface area contributed by atoms with Gasteiger partial charge in [0.05, 0.1) is 11.7 Å². The molecule has 0 aliphatic carbocycles. The Bertz CT molecular complexity index is 614. The van der Waals surface area contributed by atoms with E-state index in [2.05, 4.69) is 76.8 Å². The molecule has 27 heavy (non-hydrogen) atoms. The van der Waals surface area contributed by atoms with Crippen molar-refractivity contribution in [3.63, 3.8) is 0 Å². The van der Waals surface area contributed by atoms with Gasteiger partial charge in [-0.25, -0.2) is 0 Å². The van der Waals surface area contributed by atoms with E-state index in [1.54, 1.807) is 0 Å². The van der Waals surface area contributed by atoms with Crippen molar-refractivity contribution in [2.75, 3.05) is 13.1 Å². The highest BCUT2D eigenvalue weighted by Gasteiger charge is 2.33. The molecule has 152 valence electrons. The van der Waals surface area contributed by atoms with Gasteiger partial charge < -0.3 is 9.84 Å². The molecule has 0 amide bonds. The molecule has 0 bridgehead atoms. The van der Waals surface area contributed by atoms with Crippen molar-refractivity contribution in [2.45, 2.75) is 90.9 Å². The first-order valence-corrected chi connectivity index (χ1v) is 10.4. The Balaban J connectivity index is 2.14. The van der Waals surface area contributed by atoms with Gasteiger partial charge in [0.25, 0.3) is 0 Å². The molecule has 3 nitrogen and oxygen atoms in total. The SMILES string of the molecule is CC(C)=CC(CC(C)(C)c1ccc(OC(C)C)cc1)N1CCC(C)(O)CC1. The zero-order valence-electron chi connectivity index (χ0n) is 18.4. The molecule has 0 aromatic heterocycles. The van der Waals surface area contributed by atoms with Gasteiger partial charge in [0.2, 0.25) is 0 Å². The van der Waals surface area contributed by atoms with Crippen LogP contribution in [-0.4, -0.2) is 40.8 Å². The maximum absolute atomic E-state index is 10.3. The van der Waals surface area contributed by atoms with Crippen LogP contribution in [-0.2, 0) is 5.41 Å². The van der Waals surface area contributed by atoms with Crippen molar-refractivity contribution in [3.05, 3.63) is 41.5 Å². The predicted molar refractivity (Wildman–Crippen MR) is 114 cm³/mol. The van der Waals surface area contributed by atoms with E-state index in [9.17, 15) is 5.11 Å². The summed E-state index contributed by atoms with van der Waals surface area (Å²) in [5.74, 6) is 0.934. The van der Waals surface area contributed by atoms with Crippen LogP contribution < -0.4 is 4.74 Å². The number of rotatable bonds is 7. The minimum Gasteiger partial charge on any atom is -0.491 e. The summed E-state index contributed by atoms with van der Waals surface area (Å²) >= 11 is 0. The zero-order chi connectivity index (χ0) is 20.2. The summed E-state index contributed by atoms with van der Waals surface area (Å²) in [5.41, 5.74) is 2.25. The van der Waals surface area contributed by atoms with E-state index in [-0.39, 0.29) is 11.5 Å². The average Bonchev–Trinajstić information content (AvgIpc) is 2.53. The van der Waals surface area contributed by atoms with Crippen LogP contribution in [0.5, 0.6) is 5.75 Å². The highest BCUT2D eigenvalue weighted by molar-refractivity contribution is 5.32. The second-order valence-electron chi connectivity index (χ2n) is 9.62. The number of piperidine rings is 1. The Morgan fingerprint density at radius 3 is 2.22 bits per heavy atom. The van der Waals surface area contributed by atoms with Gasteiger partial charge in [-0.2, -0.15) is 0 Å². The number of hydrogen-bond acceptors (Lipinski definition) is 3. The van der Waals surface area contributed by atoms with E-state index >= 15 is 0 Å². The smallest absolute Gasteiger partial charge is 0.119 e. The van der Waals surface area contributed by atoms with Gasteiger partial charge >= 0.3 is 0 Å². The summed E-state index contributed by atoms with van der Waals surface area (Å²) in [6.07, 6.45) is 5.36. The molecular weight excluding hydrogens is 334 g/mol. The summed E-state index contributed by atoms with van der Waals surface area (Å²) in [6.45, 7) is 17.0. The quantitative estimate of drug-likeness (QED) is 0.656. The molecule has 1 unspecified atom stereocenters. The molecule has 0 radical (unpaired) electrons. The topological polar surface area (TPSA) is 32.7 Å². The van der Waals surface area contributed by atoms with Crippen LogP contribution in [0.1, 0.15) is 73.3 Å². The summed E-state index contributed by atoms with van der Waals surface area (Å²) in [7, 11) is 0. The van der Waals surface area contributed by atoms with Crippen LogP contribution in [0.4, 0.5) is 0 Å². The van der Waals surface area contributed by atoms with Gasteiger partial charge in [0.15, 0.2) is 0 Å². The fraction of sp³-hybridized carbons (Fsp3) is 0.667. The van der Waals surface area contributed by atoms with E-state index in [0.717, 1.165) is 38.1 Å². The Hall–Kier alpha value is -1.32. The third-order valence-electron chi connectivity index (χ3n) is 5.60. The van der Waals surface area contributed by atoms with Gasteiger partial charge in [-0.1, -0.05) is 37.6 Å². The first-order valence-electron chi connectivity index (χ1n) is 10.4. The molecule has 3 heteroatoms. The third kappa shape index (κ3) is 6.65. The lowest BCUT2D eigenvalue weighted by Crippen LogP contribution is -2.48. The Morgan fingerprint density at radius 1 is 1.19 bits per heavy atom. The summed E-state index contributed by atoms with van der Waals surface area (Å²) in [6, 6.07) is 8.99. The van der Waals surface area contributed by atoms with E-state index < -0.39 is 5.60 Å². The van der Waals surface area contributed by atoms with Crippen molar-refractivity contribution < 1.29 is 9.84 Å². The Kier molecular flexibility index (Phi) is 7.15. The van der Waals surface area contributed by atoms with Gasteiger partial charge in [0.1, 0.15) is 5.75 Å². The molecule has 2 rings (SSSR count). The van der Waals surface area contributed by atoms with Crippen molar-refractivity contribution >= 4 is 0 Å². The highest BCUT2D eigenvalue weighted by atomic mass is 16.5. The van der Waals surface area contributed by atoms with Crippen LogP contribution in [0.25, 0.3) is 0 Å². The Labute approximate surface area is 166 Å². The lowest BCUT2D eigenvalue weighted by molar-refractivity contribution is -0.0140. The second kappa shape index (κ2) is 8.79. The fourth-order valence-corrected chi connectivity index (χ4v) is 3.91. The molecule has 1 heterocycles. The molecule has 0 saturated carbocycles. The number of benzene rings is 1. The summed E-state index contributed by atoms with van der Waals surface area (Å²) < 4.78 is 5.79. The Morgan fingerprint density at radius 2 is 1.74 bits per heavy atom. The molecule has 1 aliphatic heterocycles. The number of ether oxygens (including phenoxy) is 1. The lowest BCUT2D eigenvalue weighted by Gasteiger charge is -2.42. The molecule has 1 N–H and O–H groups in total. The molecule has 1 saturated heterocycles.